The number of aryl methyl sites for hydroxylation is 1. The van der Waals surface area contributed by atoms with Crippen LogP contribution < -0.4 is 0 Å². The molecule has 16 heavy (non-hydrogen) atoms. The molecular weight excluding hydrogens is 194 g/mol. The molecule has 0 unspecified atom stereocenters. The van der Waals surface area contributed by atoms with Crippen LogP contribution in [-0.4, -0.2) is 24.5 Å². The van der Waals surface area contributed by atoms with Gasteiger partial charge in [0.15, 0.2) is 0 Å². The molecule has 0 N–H and O–H groups in total. The second-order valence-electron chi connectivity index (χ2n) is 5.14. The average molecular weight is 217 g/mol. The predicted octanol–water partition coefficient (Wildman–Crippen LogP) is 3.35. The van der Waals surface area contributed by atoms with E-state index in [1.807, 2.05) is 0 Å². The van der Waals surface area contributed by atoms with Crippen LogP contribution in [-0.2, 0) is 6.42 Å². The molecular formula is C15H23N. The van der Waals surface area contributed by atoms with E-state index < -0.39 is 0 Å². The van der Waals surface area contributed by atoms with E-state index in [2.05, 4.69) is 42.2 Å². The summed E-state index contributed by atoms with van der Waals surface area (Å²) in [5, 5.41) is 0. The third-order valence-corrected chi connectivity index (χ3v) is 3.52. The van der Waals surface area contributed by atoms with E-state index in [0.29, 0.717) is 0 Å². The molecule has 0 spiro atoms. The summed E-state index contributed by atoms with van der Waals surface area (Å²) in [5.41, 5.74) is 1.48. The van der Waals surface area contributed by atoms with Crippen LogP contribution in [0.15, 0.2) is 30.3 Å². The number of hydrogen-bond acceptors (Lipinski definition) is 1. The molecule has 0 saturated carbocycles. The van der Waals surface area contributed by atoms with Crippen molar-refractivity contribution in [2.24, 2.45) is 5.92 Å². The van der Waals surface area contributed by atoms with E-state index in [1.165, 1.54) is 50.9 Å². The fourth-order valence-electron chi connectivity index (χ4n) is 2.64. The molecule has 1 saturated heterocycles. The lowest BCUT2D eigenvalue weighted by molar-refractivity contribution is 0.182. The summed E-state index contributed by atoms with van der Waals surface area (Å²) in [6.07, 6.45) is 5.35. The third-order valence-electron chi connectivity index (χ3n) is 3.52. The van der Waals surface area contributed by atoms with Crippen LogP contribution in [0.4, 0.5) is 0 Å². The van der Waals surface area contributed by atoms with E-state index in [-0.39, 0.29) is 0 Å². The Hall–Kier alpha value is -0.820. The summed E-state index contributed by atoms with van der Waals surface area (Å²) < 4.78 is 0. The summed E-state index contributed by atoms with van der Waals surface area (Å²) in [5.74, 6) is 0.908. The van der Waals surface area contributed by atoms with E-state index in [4.69, 9.17) is 0 Å². The molecule has 1 atom stereocenters. The molecule has 1 aromatic carbocycles. The first-order valence-corrected chi connectivity index (χ1v) is 6.61. The maximum Gasteiger partial charge on any atom is 0.000703 e. The molecule has 1 aliphatic rings. The van der Waals surface area contributed by atoms with E-state index in [9.17, 15) is 0 Å². The second-order valence-corrected chi connectivity index (χ2v) is 5.14. The van der Waals surface area contributed by atoms with Gasteiger partial charge in [0.05, 0.1) is 0 Å². The number of hydrogen-bond donors (Lipinski definition) is 0. The average Bonchev–Trinajstić information content (AvgIpc) is 2.30. The van der Waals surface area contributed by atoms with Crippen LogP contribution in [0.1, 0.15) is 31.7 Å². The highest BCUT2D eigenvalue weighted by Gasteiger charge is 2.15. The summed E-state index contributed by atoms with van der Waals surface area (Å²) >= 11 is 0. The van der Waals surface area contributed by atoms with Gasteiger partial charge in [-0.15, -0.1) is 0 Å². The Kier molecular flexibility index (Phi) is 4.41. The molecule has 1 aliphatic heterocycles. The molecule has 1 heteroatoms. The van der Waals surface area contributed by atoms with E-state index in [0.717, 1.165) is 5.92 Å². The van der Waals surface area contributed by atoms with Gasteiger partial charge in [-0.1, -0.05) is 37.3 Å². The van der Waals surface area contributed by atoms with Gasteiger partial charge in [0.2, 0.25) is 0 Å². The van der Waals surface area contributed by atoms with Gasteiger partial charge in [-0.05, 0) is 50.3 Å². The van der Waals surface area contributed by atoms with Crippen molar-refractivity contribution in [1.29, 1.82) is 0 Å². The number of piperidine rings is 1. The van der Waals surface area contributed by atoms with Crippen molar-refractivity contribution < 1.29 is 0 Å². The molecule has 1 heterocycles. The monoisotopic (exact) mass is 217 g/mol. The predicted molar refractivity (Wildman–Crippen MR) is 69.6 cm³/mol. The Labute approximate surface area is 99.5 Å². The Morgan fingerprint density at radius 2 is 2.06 bits per heavy atom. The zero-order valence-corrected chi connectivity index (χ0v) is 10.4. The van der Waals surface area contributed by atoms with Crippen LogP contribution in [0, 0.1) is 5.92 Å². The van der Waals surface area contributed by atoms with E-state index >= 15 is 0 Å². The van der Waals surface area contributed by atoms with Crippen molar-refractivity contribution in [2.45, 2.75) is 32.6 Å². The maximum absolute atomic E-state index is 2.64. The molecule has 0 aliphatic carbocycles. The van der Waals surface area contributed by atoms with Gasteiger partial charge in [0.25, 0.3) is 0 Å². The first kappa shape index (κ1) is 11.7. The molecule has 1 nitrogen and oxygen atoms in total. The van der Waals surface area contributed by atoms with Crippen molar-refractivity contribution in [3.05, 3.63) is 35.9 Å². The smallest absolute Gasteiger partial charge is 0.000703 e. The normalized spacial score (nSPS) is 22.2. The van der Waals surface area contributed by atoms with Crippen molar-refractivity contribution in [1.82, 2.24) is 4.90 Å². The summed E-state index contributed by atoms with van der Waals surface area (Å²) in [6, 6.07) is 10.8. The zero-order chi connectivity index (χ0) is 11.2. The molecule has 0 aromatic heterocycles. The van der Waals surface area contributed by atoms with Gasteiger partial charge >= 0.3 is 0 Å². The molecule has 0 radical (unpaired) electrons. The van der Waals surface area contributed by atoms with Crippen molar-refractivity contribution in [2.75, 3.05) is 19.6 Å². The number of benzene rings is 1. The Bertz CT molecular complexity index is 294. The standard InChI is InChI=1S/C15H23N/c1-14-7-5-11-16(13-14)12-6-10-15-8-3-2-4-9-15/h2-4,8-9,14H,5-7,10-13H2,1H3/t14-/m1/s1. The summed E-state index contributed by atoms with van der Waals surface area (Å²) in [4.78, 5) is 2.64. The minimum absolute atomic E-state index is 0.908. The van der Waals surface area contributed by atoms with Crippen LogP contribution in [0.5, 0.6) is 0 Å². The second kappa shape index (κ2) is 6.05. The molecule has 88 valence electrons. The highest BCUT2D eigenvalue weighted by atomic mass is 15.1. The lowest BCUT2D eigenvalue weighted by Crippen LogP contribution is -2.35. The largest absolute Gasteiger partial charge is 0.303 e. The fraction of sp³-hybridized carbons (Fsp3) is 0.600. The number of likely N-dealkylation sites (tertiary alicyclic amines) is 1. The fourth-order valence-corrected chi connectivity index (χ4v) is 2.64. The number of nitrogens with zero attached hydrogens (tertiary/aromatic N) is 1. The third kappa shape index (κ3) is 3.64. The summed E-state index contributed by atoms with van der Waals surface area (Å²) in [6.45, 7) is 6.29. The van der Waals surface area contributed by atoms with Crippen LogP contribution in [0.25, 0.3) is 0 Å². The molecule has 1 fully saturated rings. The minimum Gasteiger partial charge on any atom is -0.303 e. The van der Waals surface area contributed by atoms with Gasteiger partial charge in [-0.3, -0.25) is 0 Å². The lowest BCUT2D eigenvalue weighted by atomic mass is 10.00. The van der Waals surface area contributed by atoms with Crippen LogP contribution in [0.2, 0.25) is 0 Å². The minimum atomic E-state index is 0.908. The highest BCUT2D eigenvalue weighted by Crippen LogP contribution is 2.15. The van der Waals surface area contributed by atoms with Gasteiger partial charge in [-0.25, -0.2) is 0 Å². The van der Waals surface area contributed by atoms with Crippen molar-refractivity contribution in [3.63, 3.8) is 0 Å². The Morgan fingerprint density at radius 3 is 2.81 bits per heavy atom. The quantitative estimate of drug-likeness (QED) is 0.747. The number of rotatable bonds is 4. The van der Waals surface area contributed by atoms with Crippen LogP contribution >= 0.6 is 0 Å². The molecule has 1 aromatic rings. The van der Waals surface area contributed by atoms with E-state index in [1.54, 1.807) is 0 Å². The van der Waals surface area contributed by atoms with Crippen molar-refractivity contribution in [3.8, 4) is 0 Å². The zero-order valence-electron chi connectivity index (χ0n) is 10.4. The van der Waals surface area contributed by atoms with Gasteiger partial charge in [-0.2, -0.15) is 0 Å². The Morgan fingerprint density at radius 1 is 1.25 bits per heavy atom. The molecule has 0 bridgehead atoms. The SMILES string of the molecule is C[C@@H]1CCCN(CCCc2ccccc2)C1. The highest BCUT2D eigenvalue weighted by molar-refractivity contribution is 5.14. The summed E-state index contributed by atoms with van der Waals surface area (Å²) in [7, 11) is 0. The van der Waals surface area contributed by atoms with Crippen LogP contribution in [0.3, 0.4) is 0 Å². The maximum atomic E-state index is 2.64. The van der Waals surface area contributed by atoms with Gasteiger partial charge < -0.3 is 4.90 Å². The first-order chi connectivity index (χ1) is 7.84. The van der Waals surface area contributed by atoms with Crippen molar-refractivity contribution >= 4 is 0 Å². The Balaban J connectivity index is 1.68. The van der Waals surface area contributed by atoms with Gasteiger partial charge in [0, 0.05) is 6.54 Å². The first-order valence-electron chi connectivity index (χ1n) is 6.61. The molecule has 0 amide bonds. The lowest BCUT2D eigenvalue weighted by Gasteiger charge is -2.30. The van der Waals surface area contributed by atoms with Gasteiger partial charge in [0.1, 0.15) is 0 Å². The molecule has 2 rings (SSSR count). The topological polar surface area (TPSA) is 3.24 Å².